The van der Waals surface area contributed by atoms with Gasteiger partial charge in [-0.15, -0.1) is 0 Å². The second-order valence-corrected chi connectivity index (χ2v) is 6.97. The summed E-state index contributed by atoms with van der Waals surface area (Å²) in [4.78, 5) is 16.6. The predicted molar refractivity (Wildman–Crippen MR) is 98.1 cm³/mol. The fraction of sp³-hybridized carbons (Fsp3) is 0.238. The van der Waals surface area contributed by atoms with Gasteiger partial charge in [0, 0.05) is 16.5 Å². The Morgan fingerprint density at radius 1 is 0.960 bits per heavy atom. The molecule has 0 bridgehead atoms. The molecule has 3 rings (SSSR count). The number of carbonyl (C=O) groups excluding carboxylic acids is 1. The number of nitrogens with zero attached hydrogens (tertiary/aromatic N) is 1. The first-order valence-electron chi connectivity index (χ1n) is 8.19. The first kappa shape index (κ1) is 17.0. The van der Waals surface area contributed by atoms with E-state index in [1.54, 1.807) is 6.20 Å². The molecule has 0 radical (unpaired) electrons. The molecule has 0 aliphatic heterocycles. The Morgan fingerprint density at radius 2 is 1.68 bits per heavy atom. The molecule has 0 aliphatic carbocycles. The van der Waals surface area contributed by atoms with E-state index in [0.29, 0.717) is 11.5 Å². The average Bonchev–Trinajstić information content (AvgIpc) is 2.57. The Kier molecular flexibility index (Phi) is 4.45. The van der Waals surface area contributed by atoms with Crippen LogP contribution in [0.4, 0.5) is 0 Å². The summed E-state index contributed by atoms with van der Waals surface area (Å²) >= 11 is 0. The molecular formula is C21H21NO3. The normalized spacial score (nSPS) is 11.4. The van der Waals surface area contributed by atoms with Gasteiger partial charge < -0.3 is 9.47 Å². The maximum Gasteiger partial charge on any atom is 0.316 e. The monoisotopic (exact) mass is 335 g/mol. The van der Waals surface area contributed by atoms with Gasteiger partial charge in [-0.05, 0) is 58.0 Å². The number of ether oxygens (including phenoxy) is 2. The van der Waals surface area contributed by atoms with Crippen molar-refractivity contribution in [2.75, 3.05) is 0 Å². The highest BCUT2D eigenvalue weighted by molar-refractivity contribution is 5.93. The van der Waals surface area contributed by atoms with Gasteiger partial charge in [0.1, 0.15) is 11.5 Å². The lowest BCUT2D eigenvalue weighted by molar-refractivity contribution is -0.142. The van der Waals surface area contributed by atoms with Crippen molar-refractivity contribution in [1.82, 2.24) is 4.98 Å². The predicted octanol–water partition coefficient (Wildman–Crippen LogP) is 5.29. The van der Waals surface area contributed by atoms with E-state index >= 15 is 0 Å². The van der Waals surface area contributed by atoms with Gasteiger partial charge in [-0.1, -0.05) is 18.2 Å². The second-order valence-electron chi connectivity index (χ2n) is 6.97. The first-order chi connectivity index (χ1) is 11.8. The number of para-hydroxylation sites is 1. The number of carbonyl (C=O) groups is 1. The summed E-state index contributed by atoms with van der Waals surface area (Å²) in [5.74, 6) is 1.65. The molecule has 0 saturated heterocycles. The largest absolute Gasteiger partial charge is 0.457 e. The minimum atomic E-state index is -0.576. The third-order valence-corrected chi connectivity index (χ3v) is 3.82. The lowest BCUT2D eigenvalue weighted by Gasteiger charge is -2.17. The van der Waals surface area contributed by atoms with Gasteiger partial charge in [-0.3, -0.25) is 9.78 Å². The highest BCUT2D eigenvalue weighted by Crippen LogP contribution is 2.32. The van der Waals surface area contributed by atoms with Crippen molar-refractivity contribution in [3.63, 3.8) is 0 Å². The zero-order chi connectivity index (χ0) is 18.0. The molecule has 0 aliphatic rings. The van der Waals surface area contributed by atoms with Gasteiger partial charge in [0.15, 0.2) is 5.75 Å². The molecule has 0 fully saturated rings. The van der Waals surface area contributed by atoms with Crippen molar-refractivity contribution in [2.45, 2.75) is 27.7 Å². The number of pyridine rings is 1. The lowest BCUT2D eigenvalue weighted by Crippen LogP contribution is -2.25. The van der Waals surface area contributed by atoms with E-state index in [2.05, 4.69) is 4.98 Å². The molecule has 1 heterocycles. The number of fused-ring (bicyclic) bond motifs is 1. The van der Waals surface area contributed by atoms with Crippen molar-refractivity contribution < 1.29 is 14.3 Å². The van der Waals surface area contributed by atoms with Gasteiger partial charge in [-0.2, -0.15) is 0 Å². The molecular weight excluding hydrogens is 314 g/mol. The van der Waals surface area contributed by atoms with Crippen molar-refractivity contribution in [3.05, 3.63) is 60.4 Å². The number of aryl methyl sites for hydroxylation is 1. The van der Waals surface area contributed by atoms with Crippen LogP contribution >= 0.6 is 0 Å². The Bertz CT molecular complexity index is 912. The number of rotatable bonds is 3. The number of hydrogen-bond acceptors (Lipinski definition) is 4. The van der Waals surface area contributed by atoms with Crippen LogP contribution in [0.3, 0.4) is 0 Å². The summed E-state index contributed by atoms with van der Waals surface area (Å²) in [5, 5.41) is 1.73. The molecule has 0 amide bonds. The average molecular weight is 335 g/mol. The zero-order valence-electron chi connectivity index (χ0n) is 14.9. The fourth-order valence-electron chi connectivity index (χ4n) is 2.35. The molecule has 0 atom stereocenters. The van der Waals surface area contributed by atoms with E-state index in [4.69, 9.17) is 9.47 Å². The Balaban J connectivity index is 1.97. The lowest BCUT2D eigenvalue weighted by atomic mass is 9.97. The topological polar surface area (TPSA) is 48.4 Å². The SMILES string of the molecule is Cc1ncc(OC(=O)C(C)(C)C)c2ccc(Oc3ccccc3)cc12. The summed E-state index contributed by atoms with van der Waals surface area (Å²) in [6, 6.07) is 15.3. The van der Waals surface area contributed by atoms with Crippen LogP contribution in [0.1, 0.15) is 26.5 Å². The molecule has 3 aromatic rings. The third kappa shape index (κ3) is 3.79. The summed E-state index contributed by atoms with van der Waals surface area (Å²) in [5.41, 5.74) is 0.275. The van der Waals surface area contributed by atoms with Crippen LogP contribution in [0.2, 0.25) is 0 Å². The van der Waals surface area contributed by atoms with Crippen molar-refractivity contribution in [3.8, 4) is 17.2 Å². The molecule has 4 nitrogen and oxygen atoms in total. The van der Waals surface area contributed by atoms with E-state index in [9.17, 15) is 4.79 Å². The van der Waals surface area contributed by atoms with E-state index in [-0.39, 0.29) is 5.97 Å². The van der Waals surface area contributed by atoms with Crippen LogP contribution in [0.5, 0.6) is 17.2 Å². The van der Waals surface area contributed by atoms with Crippen LogP contribution in [-0.4, -0.2) is 11.0 Å². The van der Waals surface area contributed by atoms with Crippen molar-refractivity contribution >= 4 is 16.7 Å². The van der Waals surface area contributed by atoms with E-state index < -0.39 is 5.41 Å². The van der Waals surface area contributed by atoms with Crippen LogP contribution < -0.4 is 9.47 Å². The number of hydrogen-bond donors (Lipinski definition) is 0. The quantitative estimate of drug-likeness (QED) is 0.610. The van der Waals surface area contributed by atoms with E-state index in [1.807, 2.05) is 76.2 Å². The fourth-order valence-corrected chi connectivity index (χ4v) is 2.35. The second kappa shape index (κ2) is 6.55. The molecule has 0 spiro atoms. The minimum Gasteiger partial charge on any atom is -0.457 e. The smallest absolute Gasteiger partial charge is 0.316 e. The standard InChI is InChI=1S/C21H21NO3/c1-14-18-12-16(24-15-8-6-5-7-9-15)10-11-17(18)19(13-22-14)25-20(23)21(2,3)4/h5-13H,1-4H3. The van der Waals surface area contributed by atoms with Crippen LogP contribution in [0.15, 0.2) is 54.7 Å². The summed E-state index contributed by atoms with van der Waals surface area (Å²) in [7, 11) is 0. The van der Waals surface area contributed by atoms with Crippen LogP contribution in [-0.2, 0) is 4.79 Å². The number of benzene rings is 2. The summed E-state index contributed by atoms with van der Waals surface area (Å²) in [6.07, 6.45) is 1.60. The molecule has 128 valence electrons. The molecule has 0 N–H and O–H groups in total. The molecule has 0 saturated carbocycles. The number of esters is 1. The molecule has 25 heavy (non-hydrogen) atoms. The first-order valence-corrected chi connectivity index (χ1v) is 8.19. The third-order valence-electron chi connectivity index (χ3n) is 3.82. The Hall–Kier alpha value is -2.88. The number of aromatic nitrogens is 1. The zero-order valence-corrected chi connectivity index (χ0v) is 14.9. The molecule has 1 aromatic heterocycles. The molecule has 0 unspecified atom stereocenters. The maximum atomic E-state index is 12.2. The van der Waals surface area contributed by atoms with Crippen molar-refractivity contribution in [1.29, 1.82) is 0 Å². The van der Waals surface area contributed by atoms with E-state index in [0.717, 1.165) is 22.2 Å². The van der Waals surface area contributed by atoms with Crippen LogP contribution in [0, 0.1) is 12.3 Å². The van der Waals surface area contributed by atoms with Gasteiger partial charge in [0.25, 0.3) is 0 Å². The molecule has 4 heteroatoms. The summed E-state index contributed by atoms with van der Waals surface area (Å²) in [6.45, 7) is 7.39. The van der Waals surface area contributed by atoms with Gasteiger partial charge in [0.2, 0.25) is 0 Å². The van der Waals surface area contributed by atoms with Gasteiger partial charge >= 0.3 is 5.97 Å². The molecule has 2 aromatic carbocycles. The van der Waals surface area contributed by atoms with Crippen LogP contribution in [0.25, 0.3) is 10.8 Å². The Morgan fingerprint density at radius 3 is 2.36 bits per heavy atom. The van der Waals surface area contributed by atoms with Gasteiger partial charge in [-0.25, -0.2) is 0 Å². The highest BCUT2D eigenvalue weighted by Gasteiger charge is 2.24. The maximum absolute atomic E-state index is 12.2. The summed E-state index contributed by atoms with van der Waals surface area (Å²) < 4.78 is 11.4. The Labute approximate surface area is 147 Å². The highest BCUT2D eigenvalue weighted by atomic mass is 16.5. The minimum absolute atomic E-state index is 0.288. The van der Waals surface area contributed by atoms with Gasteiger partial charge in [0.05, 0.1) is 11.6 Å². The van der Waals surface area contributed by atoms with E-state index in [1.165, 1.54) is 0 Å². The van der Waals surface area contributed by atoms with Crippen molar-refractivity contribution in [2.24, 2.45) is 5.41 Å².